The maximum atomic E-state index is 13.9. The van der Waals surface area contributed by atoms with Crippen molar-refractivity contribution >= 4 is 11.9 Å². The van der Waals surface area contributed by atoms with Crippen molar-refractivity contribution in [2.75, 3.05) is 13.7 Å². The van der Waals surface area contributed by atoms with Crippen LogP contribution in [0.3, 0.4) is 0 Å². The molecule has 3 atom stereocenters. The van der Waals surface area contributed by atoms with Crippen LogP contribution in [0.2, 0.25) is 0 Å². The molecular weight excluding hydrogens is 368 g/mol. The van der Waals surface area contributed by atoms with Crippen LogP contribution >= 0.6 is 0 Å². The molecule has 1 rings (SSSR count). The minimum atomic E-state index is -3.37. The Morgan fingerprint density at radius 3 is 2.71 bits per heavy atom. The van der Waals surface area contributed by atoms with Crippen LogP contribution in [0.5, 0.6) is 0 Å². The highest BCUT2D eigenvalue weighted by molar-refractivity contribution is 5.86. The molecule has 1 amide bonds. The standard InChI is InChI=1S/C21H31F2NO4/c1-4-5-10-16(2)18(25)13-12-17-15-21(22,23)20(27)24(17)14-9-7-6-8-11-19(26)28-3/h12-13,16-18,25H,6-11,14-15H2,1-3H3/b13-12+/t16-,17+,18-/m1/s1. The normalized spacial score (nSPS) is 20.7. The second kappa shape index (κ2) is 11.8. The number of ether oxygens (including phenoxy) is 1. The van der Waals surface area contributed by atoms with Gasteiger partial charge in [0.25, 0.3) is 5.91 Å². The third-order valence-corrected chi connectivity index (χ3v) is 4.91. The summed E-state index contributed by atoms with van der Waals surface area (Å²) in [5, 5.41) is 10.1. The molecule has 0 aromatic rings. The van der Waals surface area contributed by atoms with E-state index in [-0.39, 0.29) is 18.4 Å². The van der Waals surface area contributed by atoms with Crippen LogP contribution in [0.1, 0.15) is 58.8 Å². The van der Waals surface area contributed by atoms with Crippen molar-refractivity contribution in [2.45, 2.75) is 76.9 Å². The van der Waals surface area contributed by atoms with Gasteiger partial charge < -0.3 is 14.7 Å². The van der Waals surface area contributed by atoms with Crippen molar-refractivity contribution in [2.24, 2.45) is 5.92 Å². The lowest BCUT2D eigenvalue weighted by Crippen LogP contribution is -2.36. The van der Waals surface area contributed by atoms with Crippen LogP contribution in [0.4, 0.5) is 8.78 Å². The lowest BCUT2D eigenvalue weighted by Gasteiger charge is -2.22. The van der Waals surface area contributed by atoms with Crippen LogP contribution in [0.25, 0.3) is 0 Å². The summed E-state index contributed by atoms with van der Waals surface area (Å²) in [6, 6.07) is -0.725. The SMILES string of the molecule is CC#CC[C@@H](C)[C@H](O)/C=C/[C@H]1CC(F)(F)C(=O)N1CCCCCCC(=O)OC. The number of halogens is 2. The Morgan fingerprint density at radius 2 is 2.07 bits per heavy atom. The highest BCUT2D eigenvalue weighted by Gasteiger charge is 2.52. The Bertz CT molecular complexity index is 609. The first-order valence-electron chi connectivity index (χ1n) is 9.74. The molecule has 1 aliphatic rings. The molecule has 1 fully saturated rings. The van der Waals surface area contributed by atoms with Gasteiger partial charge in [-0.3, -0.25) is 9.59 Å². The number of unbranched alkanes of at least 4 members (excludes halogenated alkanes) is 3. The number of methoxy groups -OCH3 is 1. The molecule has 158 valence electrons. The van der Waals surface area contributed by atoms with Gasteiger partial charge in [0.2, 0.25) is 0 Å². The maximum absolute atomic E-state index is 13.9. The van der Waals surface area contributed by atoms with E-state index < -0.39 is 30.4 Å². The van der Waals surface area contributed by atoms with Gasteiger partial charge in [0.1, 0.15) is 0 Å². The lowest BCUT2D eigenvalue weighted by atomic mass is 10.00. The molecule has 0 unspecified atom stereocenters. The van der Waals surface area contributed by atoms with E-state index in [1.165, 1.54) is 24.2 Å². The van der Waals surface area contributed by atoms with Crippen molar-refractivity contribution in [3.63, 3.8) is 0 Å². The van der Waals surface area contributed by atoms with E-state index >= 15 is 0 Å². The zero-order valence-electron chi connectivity index (χ0n) is 16.9. The van der Waals surface area contributed by atoms with Crippen molar-refractivity contribution in [1.29, 1.82) is 0 Å². The Morgan fingerprint density at radius 1 is 1.39 bits per heavy atom. The van der Waals surface area contributed by atoms with Crippen molar-refractivity contribution < 1.29 is 28.2 Å². The summed E-state index contributed by atoms with van der Waals surface area (Å²) in [4.78, 5) is 24.3. The second-order valence-electron chi connectivity index (χ2n) is 7.20. The number of carbonyl (C=O) groups excluding carboxylic acids is 2. The van der Waals surface area contributed by atoms with Crippen LogP contribution < -0.4 is 0 Å². The summed E-state index contributed by atoms with van der Waals surface area (Å²) in [7, 11) is 1.34. The third-order valence-electron chi connectivity index (χ3n) is 4.91. The number of nitrogens with zero attached hydrogens (tertiary/aromatic N) is 1. The number of amides is 1. The van der Waals surface area contributed by atoms with Crippen molar-refractivity contribution in [3.05, 3.63) is 12.2 Å². The molecule has 1 aliphatic heterocycles. The summed E-state index contributed by atoms with van der Waals surface area (Å²) in [6.07, 6.45) is 5.23. The predicted octanol–water partition coefficient (Wildman–Crippen LogP) is 3.31. The number of esters is 1. The summed E-state index contributed by atoms with van der Waals surface area (Å²) in [6.45, 7) is 3.78. The van der Waals surface area contributed by atoms with E-state index in [1.807, 2.05) is 6.92 Å². The molecule has 7 heteroatoms. The number of aliphatic hydroxyl groups excluding tert-OH is 1. The first-order chi connectivity index (χ1) is 13.2. The average molecular weight is 399 g/mol. The van der Waals surface area contributed by atoms with E-state index in [9.17, 15) is 23.5 Å². The van der Waals surface area contributed by atoms with Gasteiger partial charge >= 0.3 is 11.9 Å². The van der Waals surface area contributed by atoms with Gasteiger partial charge in [0, 0.05) is 25.8 Å². The first kappa shape index (κ1) is 24.1. The largest absolute Gasteiger partial charge is 0.469 e. The molecule has 1 N–H and O–H groups in total. The molecule has 1 heterocycles. The van der Waals surface area contributed by atoms with E-state index in [4.69, 9.17) is 0 Å². The quantitative estimate of drug-likeness (QED) is 0.251. The molecular formula is C21H31F2NO4. The van der Waals surface area contributed by atoms with Crippen LogP contribution in [-0.4, -0.2) is 53.6 Å². The van der Waals surface area contributed by atoms with Gasteiger partial charge in [-0.1, -0.05) is 31.9 Å². The highest BCUT2D eigenvalue weighted by Crippen LogP contribution is 2.34. The first-order valence-corrected chi connectivity index (χ1v) is 9.74. The van der Waals surface area contributed by atoms with Gasteiger partial charge in [0.05, 0.1) is 19.3 Å². The summed E-state index contributed by atoms with van der Waals surface area (Å²) in [5.74, 6) is 0.728. The molecule has 0 aliphatic carbocycles. The van der Waals surface area contributed by atoms with Gasteiger partial charge in [-0.15, -0.1) is 11.8 Å². The van der Waals surface area contributed by atoms with Crippen LogP contribution in [-0.2, 0) is 14.3 Å². The third kappa shape index (κ3) is 7.59. The van der Waals surface area contributed by atoms with Gasteiger partial charge in [-0.25, -0.2) is 0 Å². The molecule has 0 spiro atoms. The summed E-state index contributed by atoms with van der Waals surface area (Å²) >= 11 is 0. The fourth-order valence-corrected chi connectivity index (χ4v) is 3.08. The molecule has 0 aromatic heterocycles. The zero-order valence-corrected chi connectivity index (χ0v) is 16.9. The Balaban J connectivity index is 2.55. The lowest BCUT2D eigenvalue weighted by molar-refractivity contribution is -0.148. The average Bonchev–Trinajstić information content (AvgIpc) is 2.89. The predicted molar refractivity (Wildman–Crippen MR) is 103 cm³/mol. The molecule has 1 saturated heterocycles. The van der Waals surface area contributed by atoms with E-state index in [2.05, 4.69) is 16.6 Å². The van der Waals surface area contributed by atoms with E-state index in [0.717, 1.165) is 12.8 Å². The number of likely N-dealkylation sites (tertiary alicyclic amines) is 1. The Hall–Kier alpha value is -1.94. The Labute approximate surface area is 166 Å². The fraction of sp³-hybridized carbons (Fsp3) is 0.714. The second-order valence-corrected chi connectivity index (χ2v) is 7.20. The maximum Gasteiger partial charge on any atom is 0.327 e. The van der Waals surface area contributed by atoms with Crippen molar-refractivity contribution in [1.82, 2.24) is 4.90 Å². The van der Waals surface area contributed by atoms with Gasteiger partial charge in [-0.2, -0.15) is 8.78 Å². The Kier molecular flexibility index (Phi) is 10.2. The number of carbonyl (C=O) groups is 2. The van der Waals surface area contributed by atoms with E-state index in [1.54, 1.807) is 6.92 Å². The number of hydrogen-bond acceptors (Lipinski definition) is 4. The summed E-state index contributed by atoms with van der Waals surface area (Å²) in [5.41, 5.74) is 0. The molecule has 0 radical (unpaired) electrons. The van der Waals surface area contributed by atoms with Crippen molar-refractivity contribution in [3.8, 4) is 11.8 Å². The number of aliphatic hydroxyl groups is 1. The smallest absolute Gasteiger partial charge is 0.327 e. The molecule has 0 aromatic carbocycles. The van der Waals surface area contributed by atoms with E-state index in [0.29, 0.717) is 25.7 Å². The van der Waals surface area contributed by atoms with Gasteiger partial charge in [0.15, 0.2) is 0 Å². The topological polar surface area (TPSA) is 66.8 Å². The van der Waals surface area contributed by atoms with Crippen LogP contribution in [0, 0.1) is 17.8 Å². The highest BCUT2D eigenvalue weighted by atomic mass is 19.3. The molecule has 0 bridgehead atoms. The molecule has 28 heavy (non-hydrogen) atoms. The summed E-state index contributed by atoms with van der Waals surface area (Å²) < 4.78 is 32.3. The number of rotatable bonds is 11. The number of alkyl halides is 2. The monoisotopic (exact) mass is 399 g/mol. The number of hydrogen-bond donors (Lipinski definition) is 1. The fourth-order valence-electron chi connectivity index (χ4n) is 3.08. The molecule has 0 saturated carbocycles. The molecule has 5 nitrogen and oxygen atoms in total. The van der Waals surface area contributed by atoms with Crippen LogP contribution in [0.15, 0.2) is 12.2 Å². The minimum absolute atomic E-state index is 0.121. The zero-order chi connectivity index (χ0) is 21.2. The minimum Gasteiger partial charge on any atom is -0.469 e. The van der Waals surface area contributed by atoms with Gasteiger partial charge in [-0.05, 0) is 25.7 Å².